The highest BCUT2D eigenvalue weighted by Gasteiger charge is 2.04. The molecule has 0 spiro atoms. The first-order chi connectivity index (χ1) is 7.74. The van der Waals surface area contributed by atoms with E-state index in [4.69, 9.17) is 0 Å². The maximum absolute atomic E-state index is 3.86. The van der Waals surface area contributed by atoms with Gasteiger partial charge in [0, 0.05) is 6.54 Å². The Bertz CT molecular complexity index is 293. The molecule has 0 radical (unpaired) electrons. The van der Waals surface area contributed by atoms with E-state index in [1.165, 1.54) is 11.1 Å². The third-order valence-electron chi connectivity index (χ3n) is 2.29. The third-order valence-corrected chi connectivity index (χ3v) is 2.29. The second-order valence-corrected chi connectivity index (χ2v) is 3.61. The van der Waals surface area contributed by atoms with E-state index in [9.17, 15) is 0 Å². The highest BCUT2D eigenvalue weighted by atomic mass is 14.8. The summed E-state index contributed by atoms with van der Waals surface area (Å²) in [5.41, 5.74) is 3.87. The Hall–Kier alpha value is -1.08. The summed E-state index contributed by atoms with van der Waals surface area (Å²) >= 11 is 0. The predicted molar refractivity (Wildman–Crippen MR) is 74.6 cm³/mol. The van der Waals surface area contributed by atoms with Crippen molar-refractivity contribution in [2.75, 3.05) is 13.1 Å². The maximum atomic E-state index is 3.86. The van der Waals surface area contributed by atoms with E-state index >= 15 is 0 Å². The molecule has 0 saturated heterocycles. The Balaban J connectivity index is 0.00000106. The maximum Gasteiger partial charge on any atom is 0.0140 e. The zero-order valence-corrected chi connectivity index (χ0v) is 11.1. The lowest BCUT2D eigenvalue weighted by molar-refractivity contribution is 0.709. The second-order valence-electron chi connectivity index (χ2n) is 3.61. The van der Waals surface area contributed by atoms with Crippen LogP contribution >= 0.6 is 0 Å². The summed E-state index contributed by atoms with van der Waals surface area (Å²) in [5, 5.41) is 3.31. The minimum atomic E-state index is 0.994. The number of hydrogen-bond acceptors (Lipinski definition) is 1. The van der Waals surface area contributed by atoms with Crippen molar-refractivity contribution in [2.45, 2.75) is 34.1 Å². The summed E-state index contributed by atoms with van der Waals surface area (Å²) in [5.74, 6) is 0. The highest BCUT2D eigenvalue weighted by Crippen LogP contribution is 2.17. The Morgan fingerprint density at radius 1 is 1.38 bits per heavy atom. The fourth-order valence-electron chi connectivity index (χ4n) is 1.51. The van der Waals surface area contributed by atoms with Gasteiger partial charge in [0.2, 0.25) is 0 Å². The van der Waals surface area contributed by atoms with Crippen LogP contribution < -0.4 is 5.32 Å². The van der Waals surface area contributed by atoms with E-state index < -0.39 is 0 Å². The van der Waals surface area contributed by atoms with Gasteiger partial charge >= 0.3 is 0 Å². The van der Waals surface area contributed by atoms with Crippen molar-refractivity contribution in [3.05, 3.63) is 47.6 Å². The molecule has 1 nitrogen and oxygen atoms in total. The zero-order valence-electron chi connectivity index (χ0n) is 11.1. The van der Waals surface area contributed by atoms with E-state index in [0.29, 0.717) is 0 Å². The molecular weight excluding hydrogens is 194 g/mol. The topological polar surface area (TPSA) is 12.0 Å². The van der Waals surface area contributed by atoms with Crippen molar-refractivity contribution in [1.29, 1.82) is 0 Å². The van der Waals surface area contributed by atoms with Gasteiger partial charge in [-0.2, -0.15) is 0 Å². The van der Waals surface area contributed by atoms with Crippen LogP contribution in [0.4, 0.5) is 0 Å². The molecule has 1 rings (SSSR count). The monoisotopic (exact) mass is 219 g/mol. The molecule has 1 N–H and O–H groups in total. The summed E-state index contributed by atoms with van der Waals surface area (Å²) in [7, 11) is 0. The number of hydrogen-bond donors (Lipinski definition) is 1. The highest BCUT2D eigenvalue weighted by molar-refractivity contribution is 5.42. The van der Waals surface area contributed by atoms with Crippen LogP contribution in [-0.2, 0) is 0 Å². The third kappa shape index (κ3) is 5.72. The smallest absolute Gasteiger partial charge is 0.0140 e. The average molecular weight is 219 g/mol. The van der Waals surface area contributed by atoms with Crippen LogP contribution in [-0.4, -0.2) is 13.1 Å². The van der Waals surface area contributed by atoms with Gasteiger partial charge in [-0.05, 0) is 38.0 Å². The van der Waals surface area contributed by atoms with Gasteiger partial charge in [0.15, 0.2) is 0 Å². The van der Waals surface area contributed by atoms with Crippen molar-refractivity contribution in [3.8, 4) is 0 Å². The van der Waals surface area contributed by atoms with E-state index in [2.05, 4.69) is 43.1 Å². The molecule has 0 saturated carbocycles. The predicted octanol–water partition coefficient (Wildman–Crippen LogP) is 4.01. The molecule has 0 amide bonds. The molecule has 0 atom stereocenters. The van der Waals surface area contributed by atoms with E-state index in [1.54, 1.807) is 0 Å². The fraction of sp³-hybridized carbons (Fsp3) is 0.467. The molecule has 0 bridgehead atoms. The van der Waals surface area contributed by atoms with Crippen molar-refractivity contribution in [1.82, 2.24) is 5.32 Å². The van der Waals surface area contributed by atoms with E-state index in [0.717, 1.165) is 25.1 Å². The van der Waals surface area contributed by atoms with Crippen molar-refractivity contribution < 1.29 is 0 Å². The van der Waals surface area contributed by atoms with Gasteiger partial charge in [-0.15, -0.1) is 0 Å². The largest absolute Gasteiger partial charge is 0.313 e. The van der Waals surface area contributed by atoms with Gasteiger partial charge in [-0.1, -0.05) is 50.3 Å². The second kappa shape index (κ2) is 9.17. The minimum Gasteiger partial charge on any atom is -0.313 e. The summed E-state index contributed by atoms with van der Waals surface area (Å²) in [4.78, 5) is 0. The Kier molecular flexibility index (Phi) is 8.55. The normalized spacial score (nSPS) is 16.5. The van der Waals surface area contributed by atoms with Gasteiger partial charge in [-0.25, -0.2) is 0 Å². The van der Waals surface area contributed by atoms with Gasteiger partial charge in [0.1, 0.15) is 0 Å². The van der Waals surface area contributed by atoms with Gasteiger partial charge in [0.25, 0.3) is 0 Å². The Morgan fingerprint density at radius 3 is 2.50 bits per heavy atom. The molecule has 90 valence electrons. The van der Waals surface area contributed by atoms with Gasteiger partial charge in [0.05, 0.1) is 0 Å². The summed E-state index contributed by atoms with van der Waals surface area (Å²) in [6, 6.07) is 0. The Morgan fingerprint density at radius 2 is 2.06 bits per heavy atom. The summed E-state index contributed by atoms with van der Waals surface area (Å²) < 4.78 is 0. The fourth-order valence-corrected chi connectivity index (χ4v) is 1.51. The first-order valence-corrected chi connectivity index (χ1v) is 6.14. The minimum absolute atomic E-state index is 0.994. The molecule has 16 heavy (non-hydrogen) atoms. The lowest BCUT2D eigenvalue weighted by Crippen LogP contribution is -2.20. The van der Waals surface area contributed by atoms with E-state index in [-0.39, 0.29) is 0 Å². The molecule has 0 aromatic heterocycles. The number of nitrogens with one attached hydrogen (secondary N) is 1. The molecule has 1 heteroatoms. The molecule has 0 aliphatic carbocycles. The van der Waals surface area contributed by atoms with E-state index in [1.807, 2.05) is 20.8 Å². The van der Waals surface area contributed by atoms with Crippen LogP contribution in [0.15, 0.2) is 47.6 Å². The number of allylic oxidation sites excluding steroid dienone is 5. The molecular formula is C15H25N. The first kappa shape index (κ1) is 14.9. The summed E-state index contributed by atoms with van der Waals surface area (Å²) in [6.45, 7) is 14.0. The standard InChI is InChI=1S/C13H19N.C2H6/c1-4-12(6-5-11(2)3)13-7-9-14-10-8-13;1-2/h4-7,14H,2,8-10H2,1,3H3;1-2H3/b6-5-,12-4+;. The van der Waals surface area contributed by atoms with Crippen LogP contribution in [0.5, 0.6) is 0 Å². The van der Waals surface area contributed by atoms with Gasteiger partial charge in [-0.3, -0.25) is 0 Å². The zero-order chi connectivity index (χ0) is 12.4. The molecule has 1 aliphatic heterocycles. The van der Waals surface area contributed by atoms with Crippen LogP contribution in [0.25, 0.3) is 0 Å². The van der Waals surface area contributed by atoms with Crippen LogP contribution in [0, 0.1) is 0 Å². The quantitative estimate of drug-likeness (QED) is 0.707. The van der Waals surface area contributed by atoms with Crippen LogP contribution in [0.1, 0.15) is 34.1 Å². The van der Waals surface area contributed by atoms with Crippen molar-refractivity contribution in [2.24, 2.45) is 0 Å². The van der Waals surface area contributed by atoms with Crippen molar-refractivity contribution >= 4 is 0 Å². The molecule has 1 aliphatic rings. The number of rotatable bonds is 3. The molecule has 0 unspecified atom stereocenters. The molecule has 0 aromatic rings. The first-order valence-electron chi connectivity index (χ1n) is 6.14. The van der Waals surface area contributed by atoms with Gasteiger partial charge < -0.3 is 5.32 Å². The molecule has 1 heterocycles. The average Bonchev–Trinajstić information content (AvgIpc) is 2.33. The SMILES string of the molecule is C=C(C)/C=C\C(=C/C)C1=CCNCC1.CC. The van der Waals surface area contributed by atoms with Crippen molar-refractivity contribution in [3.63, 3.8) is 0 Å². The Labute approximate surface area is 101 Å². The van der Waals surface area contributed by atoms with Crippen LogP contribution in [0.2, 0.25) is 0 Å². The molecule has 0 aromatic carbocycles. The lowest BCUT2D eigenvalue weighted by atomic mass is 9.99. The lowest BCUT2D eigenvalue weighted by Gasteiger charge is -2.14. The van der Waals surface area contributed by atoms with Crippen LogP contribution in [0.3, 0.4) is 0 Å². The summed E-state index contributed by atoms with van der Waals surface area (Å²) in [6.07, 6.45) is 9.77. The molecule has 0 fully saturated rings.